The molecule has 0 spiro atoms. The molecule has 1 aromatic rings. The number of hydrogen-bond acceptors (Lipinski definition) is 3. The van der Waals surface area contributed by atoms with Crippen molar-refractivity contribution in [2.75, 3.05) is 16.8 Å². The Kier molecular flexibility index (Phi) is 6.39. The van der Waals surface area contributed by atoms with Crippen LogP contribution in [0.2, 0.25) is 0 Å². The Morgan fingerprint density at radius 3 is 2.62 bits per heavy atom. The number of nitrogens with one attached hydrogen (secondary N) is 1. The minimum atomic E-state index is -4.55. The maximum absolute atomic E-state index is 12.6. The van der Waals surface area contributed by atoms with E-state index in [0.29, 0.717) is 6.07 Å². The number of alkyl halides is 3. The first-order valence-corrected chi connectivity index (χ1v) is 7.70. The van der Waals surface area contributed by atoms with Crippen LogP contribution in [0.15, 0.2) is 18.2 Å². The van der Waals surface area contributed by atoms with E-state index in [4.69, 9.17) is 5.11 Å². The van der Waals surface area contributed by atoms with Crippen molar-refractivity contribution in [2.45, 2.75) is 32.5 Å². The Bertz CT molecular complexity index is 492. The molecular weight excluding hydrogens is 303 g/mol. The highest BCUT2D eigenvalue weighted by Crippen LogP contribution is 2.32. The van der Waals surface area contributed by atoms with Crippen LogP contribution in [0.25, 0.3) is 0 Å². The molecule has 0 bridgehead atoms. The van der Waals surface area contributed by atoms with Gasteiger partial charge in [-0.15, -0.1) is 0 Å². The summed E-state index contributed by atoms with van der Waals surface area (Å²) >= 11 is 1.76. The van der Waals surface area contributed by atoms with Gasteiger partial charge in [0, 0.05) is 11.7 Å². The van der Waals surface area contributed by atoms with Crippen molar-refractivity contribution >= 4 is 23.4 Å². The van der Waals surface area contributed by atoms with Gasteiger partial charge in [-0.05, 0) is 43.0 Å². The molecule has 0 saturated heterocycles. The highest BCUT2D eigenvalue weighted by atomic mass is 32.2. The predicted molar refractivity (Wildman–Crippen MR) is 79.1 cm³/mol. The molecular formula is C14H18F3NO2S. The lowest BCUT2D eigenvalue weighted by Gasteiger charge is -2.18. The van der Waals surface area contributed by atoms with Crippen LogP contribution in [0.5, 0.6) is 0 Å². The third-order valence-electron chi connectivity index (χ3n) is 2.88. The summed E-state index contributed by atoms with van der Waals surface area (Å²) in [6.07, 6.45) is -3.75. The Labute approximate surface area is 125 Å². The van der Waals surface area contributed by atoms with Gasteiger partial charge in [0.15, 0.2) is 0 Å². The molecule has 3 nitrogen and oxygen atoms in total. The lowest BCUT2D eigenvalue weighted by atomic mass is 10.1. The van der Waals surface area contributed by atoms with Gasteiger partial charge in [-0.3, -0.25) is 0 Å². The van der Waals surface area contributed by atoms with Gasteiger partial charge >= 0.3 is 12.1 Å². The smallest absolute Gasteiger partial charge is 0.416 e. The highest BCUT2D eigenvalue weighted by molar-refractivity contribution is 7.99. The van der Waals surface area contributed by atoms with E-state index >= 15 is 0 Å². The fourth-order valence-corrected chi connectivity index (χ4v) is 2.57. The van der Waals surface area contributed by atoms with E-state index in [1.54, 1.807) is 11.8 Å². The first-order chi connectivity index (χ1) is 9.75. The van der Waals surface area contributed by atoms with Crippen LogP contribution in [0, 0.1) is 0 Å². The van der Waals surface area contributed by atoms with Crippen LogP contribution in [-0.2, 0) is 6.18 Å². The van der Waals surface area contributed by atoms with Gasteiger partial charge < -0.3 is 10.4 Å². The molecule has 118 valence electrons. The molecule has 21 heavy (non-hydrogen) atoms. The minimum absolute atomic E-state index is 0.0149. The van der Waals surface area contributed by atoms with Crippen molar-refractivity contribution in [1.82, 2.24) is 0 Å². The van der Waals surface area contributed by atoms with Gasteiger partial charge in [-0.2, -0.15) is 24.9 Å². The molecule has 1 unspecified atom stereocenters. The second kappa shape index (κ2) is 7.59. The molecule has 2 N–H and O–H groups in total. The molecule has 0 radical (unpaired) electrons. The van der Waals surface area contributed by atoms with Crippen LogP contribution in [0.1, 0.15) is 36.2 Å². The molecule has 0 fully saturated rings. The zero-order valence-electron chi connectivity index (χ0n) is 11.8. The maximum atomic E-state index is 12.6. The maximum Gasteiger partial charge on any atom is 0.416 e. The van der Waals surface area contributed by atoms with E-state index < -0.39 is 17.7 Å². The standard InChI is InChI=1S/C14H18F3NO2S/c1-3-21-7-6-9(2)18-12-5-4-10(14(15,16)17)8-11(12)13(19)20/h4-5,8-9,18H,3,6-7H2,1-2H3,(H,19,20). The first kappa shape index (κ1) is 17.7. The molecule has 0 aliphatic carbocycles. The Morgan fingerprint density at radius 1 is 1.43 bits per heavy atom. The zero-order chi connectivity index (χ0) is 16.0. The number of benzene rings is 1. The Hall–Kier alpha value is -1.37. The average Bonchev–Trinajstić information content (AvgIpc) is 2.37. The van der Waals surface area contributed by atoms with Gasteiger partial charge in [0.05, 0.1) is 11.1 Å². The number of anilines is 1. The quantitative estimate of drug-likeness (QED) is 0.733. The number of thioether (sulfide) groups is 1. The van der Waals surface area contributed by atoms with E-state index in [2.05, 4.69) is 5.32 Å². The minimum Gasteiger partial charge on any atom is -0.478 e. The van der Waals surface area contributed by atoms with Crippen LogP contribution >= 0.6 is 11.8 Å². The SMILES string of the molecule is CCSCCC(C)Nc1ccc(C(F)(F)F)cc1C(=O)O. The summed E-state index contributed by atoms with van der Waals surface area (Å²) in [5.74, 6) is 0.528. The van der Waals surface area contributed by atoms with Gasteiger partial charge in [-0.25, -0.2) is 4.79 Å². The number of rotatable bonds is 7. The fourth-order valence-electron chi connectivity index (χ4n) is 1.77. The van der Waals surface area contributed by atoms with Crippen LogP contribution in [0.3, 0.4) is 0 Å². The molecule has 1 aromatic carbocycles. The van der Waals surface area contributed by atoms with Crippen molar-refractivity contribution in [1.29, 1.82) is 0 Å². The van der Waals surface area contributed by atoms with Crippen LogP contribution in [-0.4, -0.2) is 28.6 Å². The summed E-state index contributed by atoms with van der Waals surface area (Å²) in [5.41, 5.74) is -1.11. The summed E-state index contributed by atoms with van der Waals surface area (Å²) in [5, 5.41) is 12.0. The van der Waals surface area contributed by atoms with E-state index in [9.17, 15) is 18.0 Å². The van der Waals surface area contributed by atoms with Crippen molar-refractivity contribution < 1.29 is 23.1 Å². The second-order valence-electron chi connectivity index (χ2n) is 4.59. The number of carboxylic acids is 1. The summed E-state index contributed by atoms with van der Waals surface area (Å²) in [7, 11) is 0. The molecule has 0 amide bonds. The van der Waals surface area contributed by atoms with E-state index in [1.165, 1.54) is 6.07 Å². The molecule has 1 rings (SSSR count). The van der Waals surface area contributed by atoms with E-state index in [-0.39, 0.29) is 17.3 Å². The fraction of sp³-hybridized carbons (Fsp3) is 0.500. The summed E-state index contributed by atoms with van der Waals surface area (Å²) in [6.45, 7) is 3.92. The van der Waals surface area contributed by atoms with Crippen molar-refractivity contribution in [3.63, 3.8) is 0 Å². The van der Waals surface area contributed by atoms with E-state index in [1.807, 2.05) is 13.8 Å². The number of hydrogen-bond donors (Lipinski definition) is 2. The van der Waals surface area contributed by atoms with Crippen molar-refractivity contribution in [3.8, 4) is 0 Å². The van der Waals surface area contributed by atoms with Crippen molar-refractivity contribution in [3.05, 3.63) is 29.3 Å². The van der Waals surface area contributed by atoms with Gasteiger partial charge in [0.1, 0.15) is 0 Å². The predicted octanol–water partition coefficient (Wildman–Crippen LogP) is 4.35. The van der Waals surface area contributed by atoms with Crippen molar-refractivity contribution in [2.24, 2.45) is 0 Å². The molecule has 0 saturated carbocycles. The molecule has 7 heteroatoms. The molecule has 0 aliphatic heterocycles. The first-order valence-electron chi connectivity index (χ1n) is 6.54. The molecule has 0 aromatic heterocycles. The number of carboxylic acid groups (broad SMARTS) is 1. The Balaban J connectivity index is 2.89. The third kappa shape index (κ3) is 5.49. The molecule has 0 aliphatic rings. The lowest BCUT2D eigenvalue weighted by molar-refractivity contribution is -0.137. The van der Waals surface area contributed by atoms with Crippen LogP contribution in [0.4, 0.5) is 18.9 Å². The molecule has 0 heterocycles. The summed E-state index contributed by atoms with van der Waals surface area (Å²) < 4.78 is 37.8. The van der Waals surface area contributed by atoms with Crippen LogP contribution < -0.4 is 5.32 Å². The van der Waals surface area contributed by atoms with E-state index in [0.717, 1.165) is 24.0 Å². The monoisotopic (exact) mass is 321 g/mol. The normalized spacial score (nSPS) is 13.0. The molecule has 1 atom stereocenters. The van der Waals surface area contributed by atoms with Gasteiger partial charge in [0.2, 0.25) is 0 Å². The van der Waals surface area contributed by atoms with Gasteiger partial charge in [-0.1, -0.05) is 6.92 Å². The van der Waals surface area contributed by atoms with Gasteiger partial charge in [0.25, 0.3) is 0 Å². The highest BCUT2D eigenvalue weighted by Gasteiger charge is 2.31. The second-order valence-corrected chi connectivity index (χ2v) is 5.99. The lowest BCUT2D eigenvalue weighted by Crippen LogP contribution is -2.19. The average molecular weight is 321 g/mol. The summed E-state index contributed by atoms with van der Waals surface area (Å²) in [6, 6.07) is 2.72. The largest absolute Gasteiger partial charge is 0.478 e. The summed E-state index contributed by atoms with van der Waals surface area (Å²) in [4.78, 5) is 11.1. The topological polar surface area (TPSA) is 49.3 Å². The number of halogens is 3. The number of carbonyl (C=O) groups is 1. The third-order valence-corrected chi connectivity index (χ3v) is 3.81. The Morgan fingerprint density at radius 2 is 2.10 bits per heavy atom. The number of aromatic carboxylic acids is 1. The zero-order valence-corrected chi connectivity index (χ0v) is 12.6.